The quantitative estimate of drug-likeness (QED) is 0.751. The molecule has 7 nitrogen and oxygen atoms in total. The molecule has 0 radical (unpaired) electrons. The third-order valence-corrected chi connectivity index (χ3v) is 5.36. The van der Waals surface area contributed by atoms with E-state index in [0.717, 1.165) is 22.7 Å². The van der Waals surface area contributed by atoms with Crippen LogP contribution in [0.1, 0.15) is 18.9 Å². The fourth-order valence-corrected chi connectivity index (χ4v) is 3.75. The van der Waals surface area contributed by atoms with Gasteiger partial charge in [-0.15, -0.1) is 0 Å². The van der Waals surface area contributed by atoms with E-state index >= 15 is 0 Å². The third-order valence-electron chi connectivity index (χ3n) is 5.36. The second-order valence-electron chi connectivity index (χ2n) is 7.14. The van der Waals surface area contributed by atoms with Crippen LogP contribution in [0, 0.1) is 5.92 Å². The lowest BCUT2D eigenvalue weighted by atomic mass is 10.1. The third kappa shape index (κ3) is 3.85. The van der Waals surface area contributed by atoms with E-state index in [2.05, 4.69) is 0 Å². The highest BCUT2D eigenvalue weighted by molar-refractivity contribution is 6.00. The fourth-order valence-electron chi connectivity index (χ4n) is 3.75. The Labute approximate surface area is 169 Å². The van der Waals surface area contributed by atoms with Crippen LogP contribution in [-0.4, -0.2) is 43.7 Å². The summed E-state index contributed by atoms with van der Waals surface area (Å²) in [6.45, 7) is 3.60. The number of methoxy groups -OCH3 is 1. The first-order valence-corrected chi connectivity index (χ1v) is 9.70. The Hall–Kier alpha value is -3.22. The molecule has 0 N–H and O–H groups in total. The maximum absolute atomic E-state index is 13.1. The van der Waals surface area contributed by atoms with Gasteiger partial charge in [0.25, 0.3) is 0 Å². The molecule has 0 aromatic heterocycles. The fraction of sp³-hybridized carbons (Fsp3) is 0.364. The summed E-state index contributed by atoms with van der Waals surface area (Å²) in [5.41, 5.74) is 1.76. The maximum Gasteiger partial charge on any atom is 0.231 e. The number of nitrogens with zero attached hydrogens (tertiary/aromatic N) is 2. The van der Waals surface area contributed by atoms with Crippen LogP contribution < -0.4 is 19.1 Å². The van der Waals surface area contributed by atoms with E-state index in [1.165, 1.54) is 0 Å². The number of fused-ring (bicyclic) bond motifs is 1. The van der Waals surface area contributed by atoms with Crippen molar-refractivity contribution in [1.29, 1.82) is 0 Å². The van der Waals surface area contributed by atoms with Gasteiger partial charge < -0.3 is 24.0 Å². The summed E-state index contributed by atoms with van der Waals surface area (Å²) in [4.78, 5) is 29.1. The van der Waals surface area contributed by atoms with Crippen molar-refractivity contribution in [2.75, 3.05) is 31.9 Å². The van der Waals surface area contributed by atoms with Crippen molar-refractivity contribution in [1.82, 2.24) is 4.90 Å². The molecule has 7 heteroatoms. The Balaban J connectivity index is 1.44. The Morgan fingerprint density at radius 2 is 1.93 bits per heavy atom. The van der Waals surface area contributed by atoms with Crippen LogP contribution in [0.2, 0.25) is 0 Å². The summed E-state index contributed by atoms with van der Waals surface area (Å²) in [5.74, 6) is 1.77. The first-order chi connectivity index (χ1) is 14.1. The largest absolute Gasteiger partial charge is 0.497 e. The number of ether oxygens (including phenoxy) is 3. The molecule has 0 aliphatic carbocycles. The zero-order valence-corrected chi connectivity index (χ0v) is 16.6. The molecule has 2 aromatic rings. The Bertz CT molecular complexity index is 912. The summed E-state index contributed by atoms with van der Waals surface area (Å²) in [6, 6.07) is 13.0. The summed E-state index contributed by atoms with van der Waals surface area (Å²) >= 11 is 0. The molecule has 29 heavy (non-hydrogen) atoms. The van der Waals surface area contributed by atoms with Crippen molar-refractivity contribution >= 4 is 17.5 Å². The van der Waals surface area contributed by atoms with Gasteiger partial charge in [0, 0.05) is 31.7 Å². The Morgan fingerprint density at radius 3 is 2.66 bits per heavy atom. The molecule has 0 bridgehead atoms. The zero-order chi connectivity index (χ0) is 20.4. The number of benzene rings is 2. The molecule has 1 fully saturated rings. The first kappa shape index (κ1) is 19.1. The highest BCUT2D eigenvalue weighted by atomic mass is 16.7. The van der Waals surface area contributed by atoms with Crippen LogP contribution in [0.4, 0.5) is 5.69 Å². The number of hydrogen-bond acceptors (Lipinski definition) is 5. The van der Waals surface area contributed by atoms with Crippen molar-refractivity contribution in [3.8, 4) is 17.2 Å². The maximum atomic E-state index is 13.1. The highest BCUT2D eigenvalue weighted by Crippen LogP contribution is 2.33. The summed E-state index contributed by atoms with van der Waals surface area (Å²) in [7, 11) is 1.60. The summed E-state index contributed by atoms with van der Waals surface area (Å²) in [6.07, 6.45) is 0.225. The van der Waals surface area contributed by atoms with Crippen molar-refractivity contribution in [3.63, 3.8) is 0 Å². The van der Waals surface area contributed by atoms with Gasteiger partial charge in [-0.3, -0.25) is 9.59 Å². The smallest absolute Gasteiger partial charge is 0.231 e. The van der Waals surface area contributed by atoms with E-state index in [1.54, 1.807) is 16.9 Å². The summed E-state index contributed by atoms with van der Waals surface area (Å²) in [5, 5.41) is 0. The van der Waals surface area contributed by atoms with Crippen LogP contribution in [-0.2, 0) is 16.1 Å². The van der Waals surface area contributed by atoms with E-state index in [-0.39, 0.29) is 30.9 Å². The van der Waals surface area contributed by atoms with Crippen molar-refractivity contribution in [2.24, 2.45) is 5.92 Å². The monoisotopic (exact) mass is 396 g/mol. The lowest BCUT2D eigenvalue weighted by Crippen LogP contribution is -2.37. The van der Waals surface area contributed by atoms with E-state index < -0.39 is 0 Å². The minimum Gasteiger partial charge on any atom is -0.497 e. The molecular formula is C22H24N2O5. The SMILES string of the molecule is CCN(Cc1ccc2c(c1)OCO2)C(=O)C1CC(=O)N(c2ccc(OC)cc2)C1. The molecule has 4 rings (SSSR count). The second kappa shape index (κ2) is 8.03. The van der Waals surface area contributed by atoms with Crippen LogP contribution in [0.15, 0.2) is 42.5 Å². The van der Waals surface area contributed by atoms with Gasteiger partial charge in [-0.2, -0.15) is 0 Å². The van der Waals surface area contributed by atoms with Gasteiger partial charge in [0.05, 0.1) is 13.0 Å². The van der Waals surface area contributed by atoms with Gasteiger partial charge in [0.1, 0.15) is 5.75 Å². The van der Waals surface area contributed by atoms with Gasteiger partial charge in [-0.25, -0.2) is 0 Å². The zero-order valence-electron chi connectivity index (χ0n) is 16.6. The van der Waals surface area contributed by atoms with E-state index in [0.29, 0.717) is 25.4 Å². The molecule has 0 spiro atoms. The summed E-state index contributed by atoms with van der Waals surface area (Å²) < 4.78 is 15.9. The number of anilines is 1. The van der Waals surface area contributed by atoms with E-state index in [9.17, 15) is 9.59 Å². The molecule has 1 saturated heterocycles. The molecule has 2 heterocycles. The predicted octanol–water partition coefficient (Wildman–Crippen LogP) is 2.83. The van der Waals surface area contributed by atoms with E-state index in [1.807, 2.05) is 49.4 Å². The average molecular weight is 396 g/mol. The first-order valence-electron chi connectivity index (χ1n) is 9.70. The van der Waals surface area contributed by atoms with Crippen molar-refractivity contribution < 1.29 is 23.8 Å². The molecule has 1 unspecified atom stereocenters. The lowest BCUT2D eigenvalue weighted by molar-refractivity contribution is -0.136. The number of hydrogen-bond donors (Lipinski definition) is 0. The number of carbonyl (C=O) groups excluding carboxylic acids is 2. The molecule has 152 valence electrons. The Morgan fingerprint density at radius 1 is 1.17 bits per heavy atom. The lowest BCUT2D eigenvalue weighted by Gasteiger charge is -2.24. The average Bonchev–Trinajstić information content (AvgIpc) is 3.37. The van der Waals surface area contributed by atoms with Crippen molar-refractivity contribution in [2.45, 2.75) is 19.9 Å². The molecular weight excluding hydrogens is 372 g/mol. The van der Waals surface area contributed by atoms with Crippen LogP contribution in [0.25, 0.3) is 0 Å². The van der Waals surface area contributed by atoms with E-state index in [4.69, 9.17) is 14.2 Å². The van der Waals surface area contributed by atoms with Crippen LogP contribution in [0.5, 0.6) is 17.2 Å². The molecule has 2 aromatic carbocycles. The van der Waals surface area contributed by atoms with Gasteiger partial charge in [0.15, 0.2) is 11.5 Å². The normalized spacial score (nSPS) is 17.5. The molecule has 2 aliphatic heterocycles. The Kier molecular flexibility index (Phi) is 5.29. The molecule has 2 aliphatic rings. The molecule has 2 amide bonds. The highest BCUT2D eigenvalue weighted by Gasteiger charge is 2.37. The number of carbonyl (C=O) groups is 2. The second-order valence-corrected chi connectivity index (χ2v) is 7.14. The standard InChI is InChI=1S/C22H24N2O5/c1-3-23(12-15-4-9-19-20(10-15)29-14-28-19)22(26)16-11-21(25)24(13-16)17-5-7-18(27-2)8-6-17/h4-10,16H,3,11-14H2,1-2H3. The topological polar surface area (TPSA) is 68.3 Å². The minimum atomic E-state index is -0.349. The van der Waals surface area contributed by atoms with Gasteiger partial charge in [0.2, 0.25) is 18.6 Å². The minimum absolute atomic E-state index is 0.00507. The van der Waals surface area contributed by atoms with Gasteiger partial charge in [-0.1, -0.05) is 6.07 Å². The molecule has 0 saturated carbocycles. The van der Waals surface area contributed by atoms with Crippen LogP contribution >= 0.6 is 0 Å². The van der Waals surface area contributed by atoms with Crippen LogP contribution in [0.3, 0.4) is 0 Å². The van der Waals surface area contributed by atoms with Gasteiger partial charge in [-0.05, 0) is 48.9 Å². The molecule has 1 atom stereocenters. The predicted molar refractivity (Wildman–Crippen MR) is 107 cm³/mol. The number of rotatable bonds is 6. The van der Waals surface area contributed by atoms with Gasteiger partial charge >= 0.3 is 0 Å². The van der Waals surface area contributed by atoms with Crippen molar-refractivity contribution in [3.05, 3.63) is 48.0 Å². The number of amides is 2.